The number of nitrogens with zero attached hydrogens (tertiary/aromatic N) is 2. The van der Waals surface area contributed by atoms with Gasteiger partial charge in [0.25, 0.3) is 11.8 Å². The minimum atomic E-state index is -4.53. The predicted octanol–water partition coefficient (Wildman–Crippen LogP) is 6.83. The van der Waals surface area contributed by atoms with Crippen molar-refractivity contribution in [3.8, 4) is 17.0 Å². The fourth-order valence-corrected chi connectivity index (χ4v) is 4.98. The van der Waals surface area contributed by atoms with Gasteiger partial charge in [-0.25, -0.2) is 9.59 Å². The van der Waals surface area contributed by atoms with Crippen LogP contribution in [0.1, 0.15) is 78.0 Å². The molecule has 0 aliphatic carbocycles. The van der Waals surface area contributed by atoms with Crippen molar-refractivity contribution in [2.24, 2.45) is 0 Å². The van der Waals surface area contributed by atoms with Gasteiger partial charge < -0.3 is 24.8 Å². The standard InChI is InChI=1S/C37H34F3N3O8/c1-5-50-36(49)24-13-18-30(28(20-24)35(47)48)51-31(44)8-6-7-22-10-17-29(27(19-22)34(46)43(3)4)42-33(45)26-16-9-21(2)41-32(26)23-11-14-25(15-12-23)37(38,39)40/h9-20H,5-8H2,1-4H3,(H,42,45)(H,47,48). The predicted molar refractivity (Wildman–Crippen MR) is 180 cm³/mol. The molecule has 3 aromatic carbocycles. The van der Waals surface area contributed by atoms with Crippen molar-refractivity contribution < 1.29 is 51.7 Å². The number of aromatic nitrogens is 1. The Morgan fingerprint density at radius 1 is 0.882 bits per heavy atom. The van der Waals surface area contributed by atoms with Crippen LogP contribution in [-0.2, 0) is 22.1 Å². The lowest BCUT2D eigenvalue weighted by Crippen LogP contribution is -2.24. The fraction of sp³-hybridized carbons (Fsp3) is 0.243. The Balaban J connectivity index is 1.49. The maximum atomic E-state index is 13.6. The lowest BCUT2D eigenvalue weighted by molar-refractivity contribution is -0.137. The number of nitrogens with one attached hydrogen (secondary N) is 1. The first-order valence-electron chi connectivity index (χ1n) is 15.6. The molecule has 0 fully saturated rings. The molecule has 0 unspecified atom stereocenters. The van der Waals surface area contributed by atoms with Crippen LogP contribution >= 0.6 is 0 Å². The number of halogens is 3. The second kappa shape index (κ2) is 16.1. The molecule has 0 saturated heterocycles. The summed E-state index contributed by atoms with van der Waals surface area (Å²) < 4.78 is 49.6. The lowest BCUT2D eigenvalue weighted by Gasteiger charge is -2.17. The maximum absolute atomic E-state index is 13.6. The Bertz CT molecular complexity index is 1980. The summed E-state index contributed by atoms with van der Waals surface area (Å²) in [7, 11) is 3.07. The van der Waals surface area contributed by atoms with E-state index >= 15 is 0 Å². The molecule has 0 aliphatic heterocycles. The van der Waals surface area contributed by atoms with E-state index in [4.69, 9.17) is 9.47 Å². The summed E-state index contributed by atoms with van der Waals surface area (Å²) in [5.41, 5.74) is 0.810. The van der Waals surface area contributed by atoms with Gasteiger partial charge in [-0.1, -0.05) is 18.2 Å². The number of carboxylic acid groups (broad SMARTS) is 1. The normalized spacial score (nSPS) is 11.0. The number of esters is 2. The van der Waals surface area contributed by atoms with Gasteiger partial charge in [0, 0.05) is 31.8 Å². The van der Waals surface area contributed by atoms with Gasteiger partial charge in [-0.05, 0) is 86.8 Å². The summed E-state index contributed by atoms with van der Waals surface area (Å²) in [4.78, 5) is 68.8. The molecule has 2 N–H and O–H groups in total. The minimum absolute atomic E-state index is 0.00751. The van der Waals surface area contributed by atoms with Gasteiger partial charge in [0.1, 0.15) is 11.3 Å². The second-order valence-corrected chi connectivity index (χ2v) is 11.5. The number of pyridine rings is 1. The molecule has 4 rings (SSSR count). The van der Waals surface area contributed by atoms with Crippen molar-refractivity contribution in [1.29, 1.82) is 0 Å². The van der Waals surface area contributed by atoms with Crippen molar-refractivity contribution in [1.82, 2.24) is 9.88 Å². The van der Waals surface area contributed by atoms with Gasteiger partial charge in [-0.15, -0.1) is 0 Å². The number of amides is 2. The summed E-state index contributed by atoms with van der Waals surface area (Å²) in [5.74, 6) is -4.13. The van der Waals surface area contributed by atoms with Gasteiger partial charge in [0.05, 0.1) is 40.2 Å². The monoisotopic (exact) mass is 705 g/mol. The number of carbonyl (C=O) groups is 5. The molecule has 1 aromatic heterocycles. The van der Waals surface area contributed by atoms with E-state index in [0.29, 0.717) is 23.2 Å². The number of rotatable bonds is 12. The molecular formula is C37H34F3N3O8. The largest absolute Gasteiger partial charge is 0.478 e. The highest BCUT2D eigenvalue weighted by atomic mass is 19.4. The van der Waals surface area contributed by atoms with Gasteiger partial charge >= 0.3 is 24.1 Å². The van der Waals surface area contributed by atoms with E-state index in [2.05, 4.69) is 10.3 Å². The van der Waals surface area contributed by atoms with E-state index in [0.717, 1.165) is 18.2 Å². The first kappa shape index (κ1) is 37.8. The molecule has 1 heterocycles. The number of alkyl halides is 3. The Labute approximate surface area is 291 Å². The van der Waals surface area contributed by atoms with Crippen LogP contribution in [0.4, 0.5) is 18.9 Å². The zero-order valence-electron chi connectivity index (χ0n) is 28.1. The molecular weight excluding hydrogens is 671 g/mol. The number of aryl methyl sites for hydroxylation is 2. The van der Waals surface area contributed by atoms with E-state index in [1.165, 1.54) is 55.4 Å². The highest BCUT2D eigenvalue weighted by Gasteiger charge is 2.30. The first-order valence-corrected chi connectivity index (χ1v) is 15.6. The van der Waals surface area contributed by atoms with Gasteiger partial charge in [0.2, 0.25) is 0 Å². The summed E-state index contributed by atoms with van der Waals surface area (Å²) in [6.45, 7) is 3.39. The lowest BCUT2D eigenvalue weighted by atomic mass is 10.0. The van der Waals surface area contributed by atoms with E-state index in [-0.39, 0.29) is 58.8 Å². The Morgan fingerprint density at radius 2 is 1.59 bits per heavy atom. The zero-order chi connectivity index (χ0) is 37.5. The average molecular weight is 706 g/mol. The third kappa shape index (κ3) is 9.56. The molecule has 51 heavy (non-hydrogen) atoms. The topological polar surface area (TPSA) is 152 Å². The number of hydrogen-bond acceptors (Lipinski definition) is 8. The summed E-state index contributed by atoms with van der Waals surface area (Å²) in [6, 6.07) is 15.7. The molecule has 0 aliphatic rings. The van der Waals surface area contributed by atoms with Crippen molar-refractivity contribution in [2.45, 2.75) is 39.3 Å². The SMILES string of the molecule is CCOC(=O)c1ccc(OC(=O)CCCc2ccc(NC(=O)c3ccc(C)nc3-c3ccc(C(F)(F)F)cc3)c(C(=O)N(C)C)c2)c(C(=O)O)c1. The third-order valence-electron chi connectivity index (χ3n) is 7.52. The maximum Gasteiger partial charge on any atom is 0.416 e. The van der Waals surface area contributed by atoms with E-state index < -0.39 is 41.5 Å². The minimum Gasteiger partial charge on any atom is -0.478 e. The molecule has 4 aromatic rings. The second-order valence-electron chi connectivity index (χ2n) is 11.5. The smallest absolute Gasteiger partial charge is 0.416 e. The molecule has 0 bridgehead atoms. The Morgan fingerprint density at radius 3 is 2.22 bits per heavy atom. The van der Waals surface area contributed by atoms with Crippen LogP contribution < -0.4 is 10.1 Å². The number of benzene rings is 3. The van der Waals surface area contributed by atoms with Crippen LogP contribution in [0, 0.1) is 6.92 Å². The Kier molecular flexibility index (Phi) is 11.9. The first-order chi connectivity index (χ1) is 24.1. The van der Waals surface area contributed by atoms with Crippen LogP contribution in [-0.4, -0.2) is 65.4 Å². The molecule has 0 saturated carbocycles. The van der Waals surface area contributed by atoms with Crippen LogP contribution in [0.25, 0.3) is 11.3 Å². The van der Waals surface area contributed by atoms with Crippen molar-refractivity contribution in [2.75, 3.05) is 26.0 Å². The molecule has 266 valence electrons. The Hall–Kier alpha value is -6.05. The van der Waals surface area contributed by atoms with E-state index in [1.54, 1.807) is 32.0 Å². The van der Waals surface area contributed by atoms with Crippen LogP contribution in [0.15, 0.2) is 72.8 Å². The number of carbonyl (C=O) groups excluding carboxylic acids is 4. The van der Waals surface area contributed by atoms with E-state index in [9.17, 15) is 42.3 Å². The number of anilines is 1. The quantitative estimate of drug-likeness (QED) is 0.119. The molecule has 14 heteroatoms. The van der Waals surface area contributed by atoms with Gasteiger partial charge in [-0.3, -0.25) is 19.4 Å². The van der Waals surface area contributed by atoms with Gasteiger partial charge in [0.15, 0.2) is 0 Å². The van der Waals surface area contributed by atoms with E-state index in [1.807, 2.05) is 0 Å². The number of ether oxygens (including phenoxy) is 2. The number of hydrogen-bond donors (Lipinski definition) is 2. The van der Waals surface area contributed by atoms with Crippen molar-refractivity contribution in [3.63, 3.8) is 0 Å². The van der Waals surface area contributed by atoms with Crippen LogP contribution in [0.2, 0.25) is 0 Å². The summed E-state index contributed by atoms with van der Waals surface area (Å²) in [5, 5.41) is 12.3. The number of carboxylic acids is 1. The molecule has 2 amide bonds. The highest BCUT2D eigenvalue weighted by Crippen LogP contribution is 2.32. The average Bonchev–Trinajstić information content (AvgIpc) is 3.08. The van der Waals surface area contributed by atoms with Crippen LogP contribution in [0.5, 0.6) is 5.75 Å². The van der Waals surface area contributed by atoms with Crippen molar-refractivity contribution >= 4 is 35.4 Å². The fourth-order valence-electron chi connectivity index (χ4n) is 4.98. The van der Waals surface area contributed by atoms with Crippen LogP contribution in [0.3, 0.4) is 0 Å². The zero-order valence-corrected chi connectivity index (χ0v) is 28.1. The van der Waals surface area contributed by atoms with Gasteiger partial charge in [-0.2, -0.15) is 13.2 Å². The molecule has 11 nitrogen and oxygen atoms in total. The third-order valence-corrected chi connectivity index (χ3v) is 7.52. The summed E-state index contributed by atoms with van der Waals surface area (Å²) >= 11 is 0. The van der Waals surface area contributed by atoms with Crippen molar-refractivity contribution in [3.05, 3.63) is 112 Å². The molecule has 0 spiro atoms. The molecule has 0 radical (unpaired) electrons. The highest BCUT2D eigenvalue weighted by molar-refractivity contribution is 6.11. The molecule has 0 atom stereocenters. The number of aromatic carboxylic acids is 1. The summed E-state index contributed by atoms with van der Waals surface area (Å²) in [6.07, 6.45) is -4.07.